The van der Waals surface area contributed by atoms with Crippen molar-refractivity contribution in [1.82, 2.24) is 5.43 Å². The van der Waals surface area contributed by atoms with Crippen LogP contribution in [0, 0.1) is 0 Å². The van der Waals surface area contributed by atoms with Gasteiger partial charge in [-0.15, -0.1) is 5.43 Å². The van der Waals surface area contributed by atoms with E-state index in [1.807, 2.05) is 0 Å². The van der Waals surface area contributed by atoms with Crippen LogP contribution in [-0.2, 0) is 0 Å². The van der Waals surface area contributed by atoms with Crippen molar-refractivity contribution >= 4 is 5.71 Å². The molecule has 12 heavy (non-hydrogen) atoms. The molecule has 0 saturated carbocycles. The molecule has 1 heterocycles. The van der Waals surface area contributed by atoms with E-state index in [0.717, 1.165) is 0 Å². The van der Waals surface area contributed by atoms with Gasteiger partial charge in [0.1, 0.15) is 5.70 Å². The van der Waals surface area contributed by atoms with Crippen LogP contribution in [0.1, 0.15) is 6.92 Å². The summed E-state index contributed by atoms with van der Waals surface area (Å²) >= 11 is 0. The first-order chi connectivity index (χ1) is 5.54. The van der Waals surface area contributed by atoms with Gasteiger partial charge >= 0.3 is 0 Å². The Kier molecular flexibility index (Phi) is 2.35. The molecule has 0 aliphatic carbocycles. The number of nitrogens with zero attached hydrogens (tertiary/aromatic N) is 2. The molecule has 1 rings (SSSR count). The maximum Gasteiger partial charge on any atom is 0.282 e. The highest BCUT2D eigenvalue weighted by Gasteiger charge is 2.30. The maximum absolute atomic E-state index is 12.1. The number of allylic oxidation sites excluding steroid dienone is 2. The van der Waals surface area contributed by atoms with E-state index in [-0.39, 0.29) is 5.71 Å². The second-order valence-corrected chi connectivity index (χ2v) is 2.19. The van der Waals surface area contributed by atoms with Gasteiger partial charge in [0.25, 0.3) is 12.9 Å². The van der Waals surface area contributed by atoms with Crippen molar-refractivity contribution in [3.8, 4) is 0 Å². The van der Waals surface area contributed by atoms with Gasteiger partial charge in [0.2, 0.25) is 0 Å². The molecule has 0 aromatic carbocycles. The van der Waals surface area contributed by atoms with Crippen LogP contribution < -0.4 is 5.43 Å². The summed E-state index contributed by atoms with van der Waals surface area (Å²) in [5.41, 5.74) is 1.16. The number of rotatable bonds is 2. The molecule has 1 radical (unpaired) electrons. The van der Waals surface area contributed by atoms with E-state index in [2.05, 4.69) is 10.5 Å². The molecule has 2 nitrogen and oxygen atoms in total. The van der Waals surface area contributed by atoms with E-state index in [4.69, 9.17) is 0 Å². The van der Waals surface area contributed by atoms with E-state index in [9.17, 15) is 17.6 Å². The van der Waals surface area contributed by atoms with Crippen molar-refractivity contribution in [1.29, 1.82) is 0 Å². The third kappa shape index (κ3) is 1.41. The maximum atomic E-state index is 12.1. The fourth-order valence-electron chi connectivity index (χ4n) is 0.853. The van der Waals surface area contributed by atoms with Crippen molar-refractivity contribution < 1.29 is 17.6 Å². The Morgan fingerprint density at radius 1 is 1.08 bits per heavy atom. The third-order valence-corrected chi connectivity index (χ3v) is 1.40. The molecule has 0 atom stereocenters. The Bertz CT molecular complexity index is 244. The summed E-state index contributed by atoms with van der Waals surface area (Å²) in [7, 11) is 0. The lowest BCUT2D eigenvalue weighted by molar-refractivity contribution is 0.163. The van der Waals surface area contributed by atoms with E-state index in [0.29, 0.717) is 0 Å². The smallest absolute Gasteiger partial charge is 0.205 e. The van der Waals surface area contributed by atoms with E-state index in [1.54, 1.807) is 0 Å². The fraction of sp³-hybridized carbons (Fsp3) is 0.500. The Hall–Kier alpha value is -1.07. The lowest BCUT2D eigenvalue weighted by Crippen LogP contribution is -2.11. The second-order valence-electron chi connectivity index (χ2n) is 2.19. The van der Waals surface area contributed by atoms with Crippen LogP contribution in [0.3, 0.4) is 0 Å². The fourth-order valence-corrected chi connectivity index (χ4v) is 0.853. The van der Waals surface area contributed by atoms with Gasteiger partial charge in [0, 0.05) is 0 Å². The summed E-state index contributed by atoms with van der Waals surface area (Å²) in [5, 5.41) is 3.15. The minimum atomic E-state index is -2.99. The Labute approximate surface area is 65.9 Å². The number of halogens is 4. The molecule has 1 aliphatic heterocycles. The van der Waals surface area contributed by atoms with Crippen molar-refractivity contribution in [3.05, 3.63) is 11.3 Å². The lowest BCUT2D eigenvalue weighted by atomic mass is 10.1. The average Bonchev–Trinajstić information content (AvgIpc) is 2.30. The SMILES string of the molecule is CC1=N[N]C(C(F)F)=C1C(F)F. The van der Waals surface area contributed by atoms with Crippen molar-refractivity contribution in [2.75, 3.05) is 0 Å². The Balaban J connectivity index is 2.97. The summed E-state index contributed by atoms with van der Waals surface area (Å²) in [4.78, 5) is 0. The highest BCUT2D eigenvalue weighted by atomic mass is 19.3. The van der Waals surface area contributed by atoms with Gasteiger partial charge in [-0.25, -0.2) is 17.6 Å². The first-order valence-corrected chi connectivity index (χ1v) is 3.10. The van der Waals surface area contributed by atoms with Gasteiger partial charge in [0.15, 0.2) is 0 Å². The zero-order chi connectivity index (χ0) is 9.30. The molecule has 1 aliphatic rings. The molecule has 0 fully saturated rings. The van der Waals surface area contributed by atoms with Crippen molar-refractivity contribution in [3.63, 3.8) is 0 Å². The van der Waals surface area contributed by atoms with Crippen LogP contribution in [-0.4, -0.2) is 18.6 Å². The number of hydrogen-bond acceptors (Lipinski definition) is 1. The van der Waals surface area contributed by atoms with Gasteiger partial charge < -0.3 is 0 Å². The normalized spacial score (nSPS) is 17.4. The van der Waals surface area contributed by atoms with Crippen molar-refractivity contribution in [2.24, 2.45) is 5.10 Å². The summed E-state index contributed by atoms with van der Waals surface area (Å²) < 4.78 is 48.1. The highest BCUT2D eigenvalue weighted by Crippen LogP contribution is 2.24. The Morgan fingerprint density at radius 3 is 2.00 bits per heavy atom. The number of hydrogen-bond donors (Lipinski definition) is 0. The van der Waals surface area contributed by atoms with Gasteiger partial charge in [-0.3, -0.25) is 0 Å². The van der Waals surface area contributed by atoms with Crippen LogP contribution >= 0.6 is 0 Å². The quantitative estimate of drug-likeness (QED) is 0.580. The lowest BCUT2D eigenvalue weighted by Gasteiger charge is -2.02. The van der Waals surface area contributed by atoms with Crippen LogP contribution in [0.25, 0.3) is 0 Å². The Morgan fingerprint density at radius 2 is 1.67 bits per heavy atom. The van der Waals surface area contributed by atoms with Gasteiger partial charge in [-0.2, -0.15) is 5.10 Å². The first-order valence-electron chi connectivity index (χ1n) is 3.10. The van der Waals surface area contributed by atoms with E-state index < -0.39 is 24.1 Å². The molecule has 0 saturated heterocycles. The van der Waals surface area contributed by atoms with Gasteiger partial charge in [-0.1, -0.05) is 0 Å². The summed E-state index contributed by atoms with van der Waals surface area (Å²) in [6.07, 6.45) is -5.93. The minimum absolute atomic E-state index is 0.139. The van der Waals surface area contributed by atoms with Crippen molar-refractivity contribution in [2.45, 2.75) is 19.8 Å². The van der Waals surface area contributed by atoms with E-state index in [1.165, 1.54) is 6.92 Å². The van der Waals surface area contributed by atoms with Gasteiger partial charge in [-0.05, 0) is 6.92 Å². The van der Waals surface area contributed by atoms with Crippen LogP contribution in [0.5, 0.6) is 0 Å². The molecular weight excluding hydrogens is 176 g/mol. The average molecular weight is 181 g/mol. The monoisotopic (exact) mass is 181 g/mol. The summed E-state index contributed by atoms with van der Waals surface area (Å²) in [6.45, 7) is 1.22. The third-order valence-electron chi connectivity index (χ3n) is 1.40. The zero-order valence-corrected chi connectivity index (χ0v) is 6.06. The molecule has 67 valence electrons. The topological polar surface area (TPSA) is 26.5 Å². The zero-order valence-electron chi connectivity index (χ0n) is 6.06. The molecule has 0 N–H and O–H groups in total. The minimum Gasteiger partial charge on any atom is -0.205 e. The predicted octanol–water partition coefficient (Wildman–Crippen LogP) is 1.76. The molecule has 6 heteroatoms. The molecule has 0 amide bonds. The van der Waals surface area contributed by atoms with Crippen LogP contribution in [0.15, 0.2) is 16.4 Å². The molecule has 0 spiro atoms. The predicted molar refractivity (Wildman–Crippen MR) is 34.3 cm³/mol. The number of alkyl halides is 4. The summed E-state index contributed by atoms with van der Waals surface area (Å²) in [6, 6.07) is 0. The molecule has 0 unspecified atom stereocenters. The first kappa shape index (κ1) is 9.02. The van der Waals surface area contributed by atoms with Crippen LogP contribution in [0.4, 0.5) is 17.6 Å². The van der Waals surface area contributed by atoms with E-state index >= 15 is 0 Å². The molecule has 0 bridgehead atoms. The largest absolute Gasteiger partial charge is 0.282 e. The highest BCUT2D eigenvalue weighted by molar-refractivity contribution is 6.00. The second kappa shape index (κ2) is 3.12. The molecule has 0 aromatic rings. The van der Waals surface area contributed by atoms with Gasteiger partial charge in [0.05, 0.1) is 11.3 Å². The molecular formula is C6H5F4N2. The standard InChI is InChI=1S/C6H5F4N2/c1-2-3(5(7)8)4(6(9)10)12-11-2/h5-6H,1H3. The summed E-state index contributed by atoms with van der Waals surface area (Å²) in [5.74, 6) is 0. The molecule has 0 aromatic heterocycles. The van der Waals surface area contributed by atoms with Crippen LogP contribution in [0.2, 0.25) is 0 Å².